The third-order valence-electron chi connectivity index (χ3n) is 3.11. The highest BCUT2D eigenvalue weighted by Gasteiger charge is 2.02. The lowest BCUT2D eigenvalue weighted by Crippen LogP contribution is -2.12. The van der Waals surface area contributed by atoms with Crippen LogP contribution in [0, 0.1) is 6.92 Å². The fraction of sp³-hybridized carbons (Fsp3) is 0.200. The third kappa shape index (κ3) is 3.10. The zero-order chi connectivity index (χ0) is 13.8. The highest BCUT2D eigenvalue weighted by Crippen LogP contribution is 2.22. The van der Waals surface area contributed by atoms with Gasteiger partial charge in [0, 0.05) is 11.4 Å². The second kappa shape index (κ2) is 5.52. The number of hydrogen-bond acceptors (Lipinski definition) is 4. The lowest BCUT2D eigenvalue weighted by molar-refractivity contribution is 1.13. The lowest BCUT2D eigenvalue weighted by atomic mass is 10.1. The van der Waals surface area contributed by atoms with Crippen molar-refractivity contribution in [3.05, 3.63) is 47.5 Å². The summed E-state index contributed by atoms with van der Waals surface area (Å²) in [5, 5.41) is 0. The molecule has 2 aromatic carbocycles. The number of nitrogens with one attached hydrogen (secondary N) is 2. The molecule has 6 N–H and O–H groups in total. The highest BCUT2D eigenvalue weighted by atomic mass is 15.4. The van der Waals surface area contributed by atoms with E-state index in [1.165, 1.54) is 5.56 Å². The van der Waals surface area contributed by atoms with Gasteiger partial charge in [0.25, 0.3) is 0 Å². The average molecular weight is 256 g/mol. The molecule has 0 unspecified atom stereocenters. The molecule has 0 radical (unpaired) electrons. The van der Waals surface area contributed by atoms with Crippen LogP contribution in [0.3, 0.4) is 0 Å². The zero-order valence-electron chi connectivity index (χ0n) is 11.3. The first-order valence-corrected chi connectivity index (χ1v) is 6.36. The van der Waals surface area contributed by atoms with Crippen molar-refractivity contribution in [3.63, 3.8) is 0 Å². The van der Waals surface area contributed by atoms with E-state index in [0.29, 0.717) is 0 Å². The van der Waals surface area contributed by atoms with Gasteiger partial charge in [-0.1, -0.05) is 19.1 Å². The van der Waals surface area contributed by atoms with E-state index in [4.69, 9.17) is 11.5 Å². The lowest BCUT2D eigenvalue weighted by Gasteiger charge is -2.15. The van der Waals surface area contributed by atoms with E-state index >= 15 is 0 Å². The Morgan fingerprint density at radius 1 is 0.895 bits per heavy atom. The summed E-state index contributed by atoms with van der Waals surface area (Å²) in [4.78, 5) is 0. The van der Waals surface area contributed by atoms with Crippen molar-refractivity contribution in [3.8, 4) is 0 Å². The first-order valence-electron chi connectivity index (χ1n) is 6.36. The standard InChI is InChI=1S/C15H20N4/c1-3-11-5-7-13(17)9-15(11)19-18-14-8-12(16)6-4-10(14)2/h4-9,18-19H,3,16-17H2,1-2H3. The molecule has 0 aromatic heterocycles. The maximum absolute atomic E-state index is 5.82. The number of nitrogens with two attached hydrogens (primary N) is 2. The molecule has 0 saturated heterocycles. The molecule has 4 nitrogen and oxygen atoms in total. The fourth-order valence-electron chi connectivity index (χ4n) is 1.93. The second-order valence-electron chi connectivity index (χ2n) is 4.59. The molecule has 0 heterocycles. The minimum atomic E-state index is 0.734. The van der Waals surface area contributed by atoms with Crippen molar-refractivity contribution in [1.29, 1.82) is 0 Å². The molecule has 19 heavy (non-hydrogen) atoms. The topological polar surface area (TPSA) is 76.1 Å². The molecule has 4 heteroatoms. The summed E-state index contributed by atoms with van der Waals surface area (Å²) in [7, 11) is 0. The SMILES string of the molecule is CCc1ccc(N)cc1NNc1cc(N)ccc1C. The number of benzene rings is 2. The number of nitrogen functional groups attached to an aromatic ring is 2. The summed E-state index contributed by atoms with van der Waals surface area (Å²) in [6.45, 7) is 4.14. The van der Waals surface area contributed by atoms with Crippen LogP contribution in [0.15, 0.2) is 36.4 Å². The molecule has 0 fully saturated rings. The van der Waals surface area contributed by atoms with Crippen LogP contribution < -0.4 is 22.3 Å². The van der Waals surface area contributed by atoms with Crippen molar-refractivity contribution < 1.29 is 0 Å². The second-order valence-corrected chi connectivity index (χ2v) is 4.59. The molecule has 0 aliphatic heterocycles. The van der Waals surface area contributed by atoms with Gasteiger partial charge in [-0.25, -0.2) is 0 Å². The van der Waals surface area contributed by atoms with Gasteiger partial charge in [0.2, 0.25) is 0 Å². The summed E-state index contributed by atoms with van der Waals surface area (Å²) >= 11 is 0. The van der Waals surface area contributed by atoms with Crippen LogP contribution in [0.25, 0.3) is 0 Å². The number of anilines is 4. The van der Waals surface area contributed by atoms with Gasteiger partial charge in [0.05, 0.1) is 11.4 Å². The van der Waals surface area contributed by atoms with Crippen LogP contribution in [-0.2, 0) is 6.42 Å². The maximum atomic E-state index is 5.82. The van der Waals surface area contributed by atoms with E-state index in [0.717, 1.165) is 34.7 Å². The molecule has 100 valence electrons. The summed E-state index contributed by atoms with van der Waals surface area (Å²) in [6.07, 6.45) is 0.945. The Kier molecular flexibility index (Phi) is 3.80. The number of hydrogen-bond donors (Lipinski definition) is 4. The van der Waals surface area contributed by atoms with E-state index in [1.807, 2.05) is 43.3 Å². The van der Waals surface area contributed by atoms with Crippen molar-refractivity contribution in [2.75, 3.05) is 22.3 Å². The minimum absolute atomic E-state index is 0.734. The molecule has 0 atom stereocenters. The minimum Gasteiger partial charge on any atom is -0.399 e. The Hall–Kier alpha value is -2.36. The molecule has 0 aliphatic carbocycles. The molecule has 0 amide bonds. The van der Waals surface area contributed by atoms with Crippen molar-refractivity contribution in [1.82, 2.24) is 0 Å². The largest absolute Gasteiger partial charge is 0.399 e. The number of rotatable bonds is 4. The van der Waals surface area contributed by atoms with Crippen LogP contribution in [0.5, 0.6) is 0 Å². The van der Waals surface area contributed by atoms with Gasteiger partial charge in [-0.2, -0.15) is 0 Å². The molecule has 0 saturated carbocycles. The van der Waals surface area contributed by atoms with Crippen LogP contribution in [0.1, 0.15) is 18.1 Å². The van der Waals surface area contributed by atoms with Gasteiger partial charge in [-0.15, -0.1) is 0 Å². The van der Waals surface area contributed by atoms with Crippen LogP contribution >= 0.6 is 0 Å². The number of aryl methyl sites for hydroxylation is 2. The predicted molar refractivity (Wildman–Crippen MR) is 83.1 cm³/mol. The summed E-state index contributed by atoms with van der Waals surface area (Å²) in [5.41, 5.74) is 23.8. The van der Waals surface area contributed by atoms with Crippen molar-refractivity contribution in [2.45, 2.75) is 20.3 Å². The average Bonchev–Trinajstić information content (AvgIpc) is 2.40. The van der Waals surface area contributed by atoms with Gasteiger partial charge >= 0.3 is 0 Å². The summed E-state index contributed by atoms with van der Waals surface area (Å²) in [5.74, 6) is 0. The van der Waals surface area contributed by atoms with Crippen molar-refractivity contribution >= 4 is 22.7 Å². The molecular weight excluding hydrogens is 236 g/mol. The zero-order valence-corrected chi connectivity index (χ0v) is 11.3. The molecule has 0 aliphatic rings. The quantitative estimate of drug-likeness (QED) is 0.500. The van der Waals surface area contributed by atoms with E-state index in [2.05, 4.69) is 17.8 Å². The van der Waals surface area contributed by atoms with Gasteiger partial charge in [-0.05, 0) is 48.7 Å². The Morgan fingerprint density at radius 2 is 1.47 bits per heavy atom. The van der Waals surface area contributed by atoms with Gasteiger partial charge < -0.3 is 22.3 Å². The third-order valence-corrected chi connectivity index (χ3v) is 3.11. The van der Waals surface area contributed by atoms with E-state index < -0.39 is 0 Å². The van der Waals surface area contributed by atoms with E-state index in [9.17, 15) is 0 Å². The van der Waals surface area contributed by atoms with Gasteiger partial charge in [0.15, 0.2) is 0 Å². The Morgan fingerprint density at radius 3 is 2.16 bits per heavy atom. The van der Waals surface area contributed by atoms with Gasteiger partial charge in [-0.3, -0.25) is 0 Å². The van der Waals surface area contributed by atoms with Crippen LogP contribution in [0.2, 0.25) is 0 Å². The van der Waals surface area contributed by atoms with E-state index in [1.54, 1.807) is 0 Å². The fourth-order valence-corrected chi connectivity index (χ4v) is 1.93. The van der Waals surface area contributed by atoms with E-state index in [-0.39, 0.29) is 0 Å². The number of hydrazine groups is 1. The van der Waals surface area contributed by atoms with Crippen molar-refractivity contribution in [2.24, 2.45) is 0 Å². The Balaban J connectivity index is 2.18. The molecule has 2 rings (SSSR count). The summed E-state index contributed by atoms with van der Waals surface area (Å²) < 4.78 is 0. The Bertz CT molecular complexity index is 578. The predicted octanol–water partition coefficient (Wildman–Crippen LogP) is 3.16. The first kappa shape index (κ1) is 13.1. The maximum Gasteiger partial charge on any atom is 0.0592 e. The Labute approximate surface area is 113 Å². The molecular formula is C15H20N4. The molecule has 0 bridgehead atoms. The molecule has 0 spiro atoms. The monoisotopic (exact) mass is 256 g/mol. The van der Waals surface area contributed by atoms with Crippen LogP contribution in [-0.4, -0.2) is 0 Å². The molecule has 2 aromatic rings. The first-order chi connectivity index (χ1) is 9.10. The summed E-state index contributed by atoms with van der Waals surface area (Å²) in [6, 6.07) is 11.6. The van der Waals surface area contributed by atoms with Gasteiger partial charge in [0.1, 0.15) is 0 Å². The smallest absolute Gasteiger partial charge is 0.0592 e. The highest BCUT2D eigenvalue weighted by molar-refractivity contribution is 5.65. The van der Waals surface area contributed by atoms with Crippen LogP contribution in [0.4, 0.5) is 22.7 Å². The normalized spacial score (nSPS) is 10.2.